The SMILES string of the molecule is COc1ccc(S(=O)(=O)N(Cc2ccccc2C)c2ccc(Br)cc2)cc1. The molecule has 0 aliphatic carbocycles. The van der Waals surface area contributed by atoms with Crippen LogP contribution in [0.4, 0.5) is 5.69 Å². The van der Waals surface area contributed by atoms with Crippen LogP contribution in [0.2, 0.25) is 0 Å². The van der Waals surface area contributed by atoms with Crippen LogP contribution in [0.5, 0.6) is 5.75 Å². The highest BCUT2D eigenvalue weighted by molar-refractivity contribution is 9.10. The van der Waals surface area contributed by atoms with Gasteiger partial charge in [0.05, 0.1) is 24.2 Å². The van der Waals surface area contributed by atoms with Crippen molar-refractivity contribution in [3.05, 3.63) is 88.4 Å². The zero-order chi connectivity index (χ0) is 19.4. The summed E-state index contributed by atoms with van der Waals surface area (Å²) in [6, 6.07) is 21.5. The molecule has 0 atom stereocenters. The molecule has 0 unspecified atom stereocenters. The first-order valence-corrected chi connectivity index (χ1v) is 10.6. The fourth-order valence-electron chi connectivity index (χ4n) is 2.74. The molecule has 3 rings (SSSR count). The molecule has 0 spiro atoms. The van der Waals surface area contributed by atoms with Crippen LogP contribution in [-0.2, 0) is 16.6 Å². The highest BCUT2D eigenvalue weighted by atomic mass is 79.9. The molecule has 140 valence electrons. The summed E-state index contributed by atoms with van der Waals surface area (Å²) >= 11 is 3.40. The molecule has 0 saturated carbocycles. The summed E-state index contributed by atoms with van der Waals surface area (Å²) in [6.45, 7) is 2.23. The summed E-state index contributed by atoms with van der Waals surface area (Å²) in [4.78, 5) is 0.222. The second-order valence-electron chi connectivity index (χ2n) is 6.09. The van der Waals surface area contributed by atoms with Gasteiger partial charge in [0, 0.05) is 4.47 Å². The first-order chi connectivity index (χ1) is 12.9. The first kappa shape index (κ1) is 19.5. The van der Waals surface area contributed by atoms with Crippen molar-refractivity contribution in [2.24, 2.45) is 0 Å². The van der Waals surface area contributed by atoms with Crippen molar-refractivity contribution in [1.29, 1.82) is 0 Å². The standard InChI is InChI=1S/C21H20BrNO3S/c1-16-5-3-4-6-17(16)15-23(19-9-7-18(22)8-10-19)27(24,25)21-13-11-20(26-2)12-14-21/h3-14H,15H2,1-2H3. The minimum atomic E-state index is -3.74. The van der Waals surface area contributed by atoms with Gasteiger partial charge in [-0.1, -0.05) is 40.2 Å². The molecule has 0 fully saturated rings. The van der Waals surface area contributed by atoms with Crippen molar-refractivity contribution < 1.29 is 13.2 Å². The molecule has 0 radical (unpaired) electrons. The van der Waals surface area contributed by atoms with Crippen molar-refractivity contribution in [1.82, 2.24) is 0 Å². The zero-order valence-corrected chi connectivity index (χ0v) is 17.5. The average molecular weight is 446 g/mol. The van der Waals surface area contributed by atoms with E-state index in [0.29, 0.717) is 11.4 Å². The third-order valence-electron chi connectivity index (χ3n) is 4.34. The quantitative estimate of drug-likeness (QED) is 0.526. The Hall–Kier alpha value is -2.31. The van der Waals surface area contributed by atoms with Crippen LogP contribution in [-0.4, -0.2) is 15.5 Å². The van der Waals surface area contributed by atoms with Crippen LogP contribution in [0.3, 0.4) is 0 Å². The maximum atomic E-state index is 13.4. The highest BCUT2D eigenvalue weighted by Gasteiger charge is 2.25. The van der Waals surface area contributed by atoms with Gasteiger partial charge in [-0.15, -0.1) is 0 Å². The molecule has 3 aromatic carbocycles. The number of hydrogen-bond donors (Lipinski definition) is 0. The fraction of sp³-hybridized carbons (Fsp3) is 0.143. The van der Waals surface area contributed by atoms with Crippen LogP contribution in [0.1, 0.15) is 11.1 Å². The normalized spacial score (nSPS) is 11.2. The number of nitrogens with zero attached hydrogens (tertiary/aromatic N) is 1. The number of benzene rings is 3. The third kappa shape index (κ3) is 4.34. The van der Waals surface area contributed by atoms with E-state index in [1.54, 1.807) is 43.5 Å². The van der Waals surface area contributed by atoms with Crippen molar-refractivity contribution in [2.45, 2.75) is 18.4 Å². The number of aryl methyl sites for hydroxylation is 1. The zero-order valence-electron chi connectivity index (χ0n) is 15.1. The molecule has 0 aliphatic rings. The molecule has 3 aromatic rings. The molecule has 0 bridgehead atoms. The van der Waals surface area contributed by atoms with E-state index in [9.17, 15) is 8.42 Å². The van der Waals surface area contributed by atoms with Gasteiger partial charge in [0.2, 0.25) is 0 Å². The van der Waals surface area contributed by atoms with Crippen molar-refractivity contribution in [3.63, 3.8) is 0 Å². The van der Waals surface area contributed by atoms with E-state index in [4.69, 9.17) is 4.74 Å². The van der Waals surface area contributed by atoms with Gasteiger partial charge in [-0.25, -0.2) is 8.42 Å². The van der Waals surface area contributed by atoms with E-state index < -0.39 is 10.0 Å². The van der Waals surface area contributed by atoms with Gasteiger partial charge in [0.25, 0.3) is 10.0 Å². The first-order valence-electron chi connectivity index (χ1n) is 8.38. The summed E-state index contributed by atoms with van der Waals surface area (Å²) < 4.78 is 34.3. The van der Waals surface area contributed by atoms with Crippen LogP contribution in [0.25, 0.3) is 0 Å². The second-order valence-corrected chi connectivity index (χ2v) is 8.87. The van der Waals surface area contributed by atoms with Crippen LogP contribution >= 0.6 is 15.9 Å². The minimum absolute atomic E-state index is 0.222. The third-order valence-corrected chi connectivity index (χ3v) is 6.65. The molecule has 0 N–H and O–H groups in total. The van der Waals surface area contributed by atoms with E-state index in [2.05, 4.69) is 15.9 Å². The molecule has 27 heavy (non-hydrogen) atoms. The lowest BCUT2D eigenvalue weighted by Crippen LogP contribution is -2.30. The number of methoxy groups -OCH3 is 1. The van der Waals surface area contributed by atoms with E-state index in [1.807, 2.05) is 43.3 Å². The Morgan fingerprint density at radius 1 is 0.926 bits per heavy atom. The van der Waals surface area contributed by atoms with Crippen molar-refractivity contribution in [2.75, 3.05) is 11.4 Å². The summed E-state index contributed by atoms with van der Waals surface area (Å²) in [5.41, 5.74) is 2.61. The lowest BCUT2D eigenvalue weighted by atomic mass is 10.1. The second kappa shape index (κ2) is 8.15. The van der Waals surface area contributed by atoms with Gasteiger partial charge in [-0.05, 0) is 66.6 Å². The van der Waals surface area contributed by atoms with Crippen LogP contribution < -0.4 is 9.04 Å². The number of halogens is 1. The summed E-state index contributed by atoms with van der Waals surface area (Å²) in [5, 5.41) is 0. The minimum Gasteiger partial charge on any atom is -0.497 e. The fourth-order valence-corrected chi connectivity index (χ4v) is 4.45. The topological polar surface area (TPSA) is 46.6 Å². The maximum absolute atomic E-state index is 13.4. The predicted molar refractivity (Wildman–Crippen MR) is 112 cm³/mol. The Kier molecular flexibility index (Phi) is 5.87. The lowest BCUT2D eigenvalue weighted by Gasteiger charge is -2.25. The molecule has 0 aromatic heterocycles. The van der Waals surface area contributed by atoms with Crippen LogP contribution in [0, 0.1) is 6.92 Å². The van der Waals surface area contributed by atoms with Gasteiger partial charge >= 0.3 is 0 Å². The van der Waals surface area contributed by atoms with E-state index >= 15 is 0 Å². The van der Waals surface area contributed by atoms with Crippen molar-refractivity contribution in [3.8, 4) is 5.75 Å². The molecule has 0 saturated heterocycles. The Balaban J connectivity index is 2.07. The number of sulfonamides is 1. The Bertz CT molecular complexity index is 1020. The highest BCUT2D eigenvalue weighted by Crippen LogP contribution is 2.28. The lowest BCUT2D eigenvalue weighted by molar-refractivity contribution is 0.414. The number of anilines is 1. The Labute approximate surface area is 168 Å². The molecule has 6 heteroatoms. The molecular formula is C21H20BrNO3S. The molecule has 0 aliphatic heterocycles. The monoisotopic (exact) mass is 445 g/mol. The Morgan fingerprint density at radius 3 is 2.15 bits per heavy atom. The van der Waals surface area contributed by atoms with Crippen LogP contribution in [0.15, 0.2) is 82.2 Å². The molecule has 0 amide bonds. The summed E-state index contributed by atoms with van der Waals surface area (Å²) in [6.07, 6.45) is 0. The molecule has 0 heterocycles. The number of rotatable bonds is 6. The largest absolute Gasteiger partial charge is 0.497 e. The van der Waals surface area contributed by atoms with E-state index in [-0.39, 0.29) is 11.4 Å². The number of hydrogen-bond acceptors (Lipinski definition) is 3. The molecule has 4 nitrogen and oxygen atoms in total. The Morgan fingerprint density at radius 2 is 1.56 bits per heavy atom. The van der Waals surface area contributed by atoms with Gasteiger partial charge in [0.15, 0.2) is 0 Å². The summed E-state index contributed by atoms with van der Waals surface area (Å²) in [7, 11) is -2.19. The maximum Gasteiger partial charge on any atom is 0.264 e. The van der Waals surface area contributed by atoms with Gasteiger partial charge in [0.1, 0.15) is 5.75 Å². The molecular weight excluding hydrogens is 426 g/mol. The smallest absolute Gasteiger partial charge is 0.264 e. The van der Waals surface area contributed by atoms with E-state index in [0.717, 1.165) is 15.6 Å². The van der Waals surface area contributed by atoms with Crippen molar-refractivity contribution >= 4 is 31.6 Å². The number of ether oxygens (including phenoxy) is 1. The predicted octanol–water partition coefficient (Wildman–Crippen LogP) is 5.16. The summed E-state index contributed by atoms with van der Waals surface area (Å²) in [5.74, 6) is 0.614. The van der Waals surface area contributed by atoms with Gasteiger partial charge in [-0.2, -0.15) is 0 Å². The van der Waals surface area contributed by atoms with E-state index in [1.165, 1.54) is 4.31 Å². The average Bonchev–Trinajstić information content (AvgIpc) is 2.68. The van der Waals surface area contributed by atoms with Gasteiger partial charge < -0.3 is 4.74 Å². The van der Waals surface area contributed by atoms with Gasteiger partial charge in [-0.3, -0.25) is 4.31 Å².